The molecule has 1 saturated carbocycles. The fourth-order valence-corrected chi connectivity index (χ4v) is 4.45. The third-order valence-corrected chi connectivity index (χ3v) is 6.56. The molecule has 2 fully saturated rings. The number of benzene rings is 1. The van der Waals surface area contributed by atoms with Crippen LogP contribution in [0.5, 0.6) is 0 Å². The van der Waals surface area contributed by atoms with Gasteiger partial charge in [0.1, 0.15) is 6.07 Å². The van der Waals surface area contributed by atoms with E-state index in [1.54, 1.807) is 18.2 Å². The molecule has 3 rings (SSSR count). The van der Waals surface area contributed by atoms with E-state index in [-0.39, 0.29) is 10.5 Å². The average molecular weight is 305 g/mol. The van der Waals surface area contributed by atoms with Gasteiger partial charge in [-0.1, -0.05) is 12.1 Å². The molecular formula is C15H19N3O2S. The molecule has 5 nitrogen and oxygen atoms in total. The Bertz CT molecular complexity index is 681. The topological polar surface area (TPSA) is 64.4 Å². The van der Waals surface area contributed by atoms with Crippen molar-refractivity contribution in [1.29, 1.82) is 5.26 Å². The van der Waals surface area contributed by atoms with Crippen molar-refractivity contribution in [3.8, 4) is 6.07 Å². The van der Waals surface area contributed by atoms with E-state index in [9.17, 15) is 8.42 Å². The first-order valence-corrected chi connectivity index (χ1v) is 8.66. The van der Waals surface area contributed by atoms with E-state index >= 15 is 0 Å². The maximum atomic E-state index is 12.7. The number of piperazine rings is 1. The van der Waals surface area contributed by atoms with Crippen LogP contribution in [0.1, 0.15) is 25.3 Å². The Kier molecular flexibility index (Phi) is 3.52. The molecule has 6 heteroatoms. The summed E-state index contributed by atoms with van der Waals surface area (Å²) >= 11 is 0. The van der Waals surface area contributed by atoms with Crippen LogP contribution in [0.3, 0.4) is 0 Å². The van der Waals surface area contributed by atoms with Crippen LogP contribution in [0.15, 0.2) is 29.2 Å². The summed E-state index contributed by atoms with van der Waals surface area (Å²) in [5.41, 5.74) is 0.509. The molecule has 0 bridgehead atoms. The number of hydrogen-bond donors (Lipinski definition) is 0. The van der Waals surface area contributed by atoms with E-state index in [1.165, 1.54) is 23.2 Å². The summed E-state index contributed by atoms with van der Waals surface area (Å²) in [4.78, 5) is 2.51. The van der Waals surface area contributed by atoms with Crippen LogP contribution < -0.4 is 0 Å². The lowest BCUT2D eigenvalue weighted by atomic mass is 10.2. The van der Waals surface area contributed by atoms with Crippen molar-refractivity contribution in [2.24, 2.45) is 0 Å². The van der Waals surface area contributed by atoms with Gasteiger partial charge in [-0.15, -0.1) is 0 Å². The lowest BCUT2D eigenvalue weighted by Crippen LogP contribution is -2.52. The van der Waals surface area contributed by atoms with Crippen LogP contribution in [0.25, 0.3) is 0 Å². The Hall–Kier alpha value is -1.42. The summed E-state index contributed by atoms with van der Waals surface area (Å²) in [6, 6.07) is 8.38. The first kappa shape index (κ1) is 14.5. The van der Waals surface area contributed by atoms with E-state index in [1.807, 2.05) is 6.07 Å². The quantitative estimate of drug-likeness (QED) is 0.847. The standard InChI is InChI=1S/C15H19N3O2S/c1-15(6-7-15)17-8-10-18(11-9-17)21(19,20)14-5-3-2-4-13(14)12-16/h2-5H,6-11H2,1H3. The van der Waals surface area contributed by atoms with Crippen molar-refractivity contribution in [2.75, 3.05) is 26.2 Å². The zero-order valence-corrected chi connectivity index (χ0v) is 12.9. The molecule has 0 N–H and O–H groups in total. The Labute approximate surface area is 125 Å². The fraction of sp³-hybridized carbons (Fsp3) is 0.533. The molecule has 1 aliphatic heterocycles. The fourth-order valence-electron chi connectivity index (χ4n) is 2.89. The normalized spacial score (nSPS) is 22.7. The van der Waals surface area contributed by atoms with Crippen molar-refractivity contribution in [3.63, 3.8) is 0 Å². The van der Waals surface area contributed by atoms with Crippen molar-refractivity contribution >= 4 is 10.0 Å². The van der Waals surface area contributed by atoms with Crippen molar-refractivity contribution in [2.45, 2.75) is 30.2 Å². The third kappa shape index (κ3) is 2.57. The first-order chi connectivity index (χ1) is 9.97. The van der Waals surface area contributed by atoms with Gasteiger partial charge in [0.05, 0.1) is 10.5 Å². The molecular weight excluding hydrogens is 286 g/mol. The van der Waals surface area contributed by atoms with E-state index in [2.05, 4.69) is 11.8 Å². The summed E-state index contributed by atoms with van der Waals surface area (Å²) in [6.07, 6.45) is 2.41. The highest BCUT2D eigenvalue weighted by atomic mass is 32.2. The number of nitrogens with zero attached hydrogens (tertiary/aromatic N) is 3. The lowest BCUT2D eigenvalue weighted by molar-refractivity contribution is 0.132. The summed E-state index contributed by atoms with van der Waals surface area (Å²) in [6.45, 7) is 4.77. The van der Waals surface area contributed by atoms with Crippen molar-refractivity contribution in [1.82, 2.24) is 9.21 Å². The highest BCUT2D eigenvalue weighted by Crippen LogP contribution is 2.41. The Balaban J connectivity index is 1.79. The highest BCUT2D eigenvalue weighted by molar-refractivity contribution is 7.89. The predicted octanol–water partition coefficient (Wildman–Crippen LogP) is 1.42. The Morgan fingerprint density at radius 2 is 1.76 bits per heavy atom. The van der Waals surface area contributed by atoms with E-state index < -0.39 is 10.0 Å². The van der Waals surface area contributed by atoms with Crippen LogP contribution in [-0.2, 0) is 10.0 Å². The molecule has 0 spiro atoms. The van der Waals surface area contributed by atoms with Crippen molar-refractivity contribution in [3.05, 3.63) is 29.8 Å². The van der Waals surface area contributed by atoms with Crippen molar-refractivity contribution < 1.29 is 8.42 Å². The van der Waals surface area contributed by atoms with Gasteiger partial charge in [0.15, 0.2) is 0 Å². The van der Waals surface area contributed by atoms with E-state index in [4.69, 9.17) is 5.26 Å². The molecule has 2 aliphatic rings. The maximum Gasteiger partial charge on any atom is 0.244 e. The van der Waals surface area contributed by atoms with Gasteiger partial charge in [0, 0.05) is 31.7 Å². The van der Waals surface area contributed by atoms with E-state index in [0.717, 1.165) is 13.1 Å². The molecule has 0 atom stereocenters. The smallest absolute Gasteiger partial charge is 0.244 e. The third-order valence-electron chi connectivity index (χ3n) is 4.60. The molecule has 1 aromatic carbocycles. The Morgan fingerprint density at radius 1 is 1.14 bits per heavy atom. The van der Waals surface area contributed by atoms with Gasteiger partial charge < -0.3 is 0 Å². The van der Waals surface area contributed by atoms with Gasteiger partial charge in [-0.25, -0.2) is 8.42 Å². The van der Waals surface area contributed by atoms with Gasteiger partial charge in [0.2, 0.25) is 10.0 Å². The van der Waals surface area contributed by atoms with Gasteiger partial charge in [-0.3, -0.25) is 4.90 Å². The summed E-state index contributed by atoms with van der Waals surface area (Å²) in [7, 11) is -3.57. The molecule has 21 heavy (non-hydrogen) atoms. The second-order valence-electron chi connectivity index (χ2n) is 6.00. The zero-order valence-electron chi connectivity index (χ0n) is 12.1. The predicted molar refractivity (Wildman–Crippen MR) is 79.1 cm³/mol. The van der Waals surface area contributed by atoms with Gasteiger partial charge >= 0.3 is 0 Å². The van der Waals surface area contributed by atoms with Gasteiger partial charge in [-0.05, 0) is 31.9 Å². The zero-order chi connectivity index (χ0) is 15.1. The van der Waals surface area contributed by atoms with Crippen LogP contribution in [-0.4, -0.2) is 49.3 Å². The second-order valence-corrected chi connectivity index (χ2v) is 7.90. The number of hydrogen-bond acceptors (Lipinski definition) is 4. The molecule has 112 valence electrons. The minimum atomic E-state index is -3.57. The average Bonchev–Trinajstić information content (AvgIpc) is 3.26. The minimum Gasteiger partial charge on any atom is -0.295 e. The Morgan fingerprint density at radius 3 is 2.33 bits per heavy atom. The lowest BCUT2D eigenvalue weighted by Gasteiger charge is -2.37. The molecule has 0 radical (unpaired) electrons. The van der Waals surface area contributed by atoms with E-state index in [0.29, 0.717) is 18.6 Å². The maximum absolute atomic E-state index is 12.7. The highest BCUT2D eigenvalue weighted by Gasteiger charge is 2.45. The molecule has 0 aromatic heterocycles. The summed E-state index contributed by atoms with van der Waals surface area (Å²) < 4.78 is 26.9. The summed E-state index contributed by atoms with van der Waals surface area (Å²) in [5, 5.41) is 9.10. The first-order valence-electron chi connectivity index (χ1n) is 7.22. The second kappa shape index (κ2) is 5.09. The monoisotopic (exact) mass is 305 g/mol. The van der Waals surface area contributed by atoms with Gasteiger partial charge in [0.25, 0.3) is 0 Å². The molecule has 1 aliphatic carbocycles. The number of sulfonamides is 1. The molecule has 0 unspecified atom stereocenters. The SMILES string of the molecule is CC1(N2CCN(S(=O)(=O)c3ccccc3C#N)CC2)CC1. The minimum absolute atomic E-state index is 0.124. The largest absolute Gasteiger partial charge is 0.295 e. The van der Waals surface area contributed by atoms with Crippen LogP contribution in [0, 0.1) is 11.3 Å². The molecule has 1 heterocycles. The number of nitriles is 1. The van der Waals surface area contributed by atoms with Crippen LogP contribution in [0.4, 0.5) is 0 Å². The van der Waals surface area contributed by atoms with Gasteiger partial charge in [-0.2, -0.15) is 9.57 Å². The summed E-state index contributed by atoms with van der Waals surface area (Å²) in [5.74, 6) is 0. The molecule has 1 saturated heterocycles. The number of rotatable bonds is 3. The molecule has 1 aromatic rings. The van der Waals surface area contributed by atoms with Crippen LogP contribution >= 0.6 is 0 Å². The van der Waals surface area contributed by atoms with Crippen LogP contribution in [0.2, 0.25) is 0 Å². The molecule has 0 amide bonds.